The average Bonchev–Trinajstić information content (AvgIpc) is 2.12. The van der Waals surface area contributed by atoms with E-state index in [1.54, 1.807) is 6.92 Å². The van der Waals surface area contributed by atoms with Crippen molar-refractivity contribution in [3.8, 4) is 0 Å². The summed E-state index contributed by atoms with van der Waals surface area (Å²) >= 11 is 0. The standard InChI is InChI=1S/C10H20F2N2O.ClH/c1-3-6-14(7-9(11)12)10(15)5-4-8(2)13;/h8-9H,3-7,13H2,1-2H3;1H. The first kappa shape index (κ1) is 18.0. The Kier molecular flexibility index (Phi) is 11.0. The molecule has 1 unspecified atom stereocenters. The number of alkyl halides is 2. The number of rotatable bonds is 7. The molecular weight excluding hydrogens is 238 g/mol. The molecule has 2 N–H and O–H groups in total. The lowest BCUT2D eigenvalue weighted by molar-refractivity contribution is -0.133. The van der Waals surface area contributed by atoms with E-state index in [1.165, 1.54) is 4.90 Å². The summed E-state index contributed by atoms with van der Waals surface area (Å²) in [5, 5.41) is 0. The van der Waals surface area contributed by atoms with Gasteiger partial charge in [0.15, 0.2) is 0 Å². The molecule has 3 nitrogen and oxygen atoms in total. The Balaban J connectivity index is 0. The fourth-order valence-electron chi connectivity index (χ4n) is 1.26. The fraction of sp³-hybridized carbons (Fsp3) is 0.900. The van der Waals surface area contributed by atoms with Gasteiger partial charge in [-0.2, -0.15) is 0 Å². The molecule has 0 aliphatic rings. The van der Waals surface area contributed by atoms with Crippen LogP contribution >= 0.6 is 12.4 Å². The Hall–Kier alpha value is -0.420. The summed E-state index contributed by atoms with van der Waals surface area (Å²) in [6.07, 6.45) is -0.973. The summed E-state index contributed by atoms with van der Waals surface area (Å²) in [6, 6.07) is -0.0658. The predicted molar refractivity (Wildman–Crippen MR) is 63.0 cm³/mol. The summed E-state index contributed by atoms with van der Waals surface area (Å²) < 4.78 is 24.3. The van der Waals surface area contributed by atoms with Crippen LogP contribution in [0.25, 0.3) is 0 Å². The molecular formula is C10H21ClF2N2O. The molecule has 0 radical (unpaired) electrons. The molecule has 0 rings (SSSR count). The van der Waals surface area contributed by atoms with Crippen molar-refractivity contribution >= 4 is 18.3 Å². The van der Waals surface area contributed by atoms with Gasteiger partial charge in [-0.25, -0.2) is 8.78 Å². The van der Waals surface area contributed by atoms with Crippen molar-refractivity contribution in [1.29, 1.82) is 0 Å². The number of hydrogen-bond acceptors (Lipinski definition) is 2. The van der Waals surface area contributed by atoms with Crippen LogP contribution in [0.1, 0.15) is 33.1 Å². The van der Waals surface area contributed by atoms with E-state index >= 15 is 0 Å². The largest absolute Gasteiger partial charge is 0.337 e. The van der Waals surface area contributed by atoms with Crippen molar-refractivity contribution in [3.05, 3.63) is 0 Å². The first-order chi connectivity index (χ1) is 6.97. The van der Waals surface area contributed by atoms with Gasteiger partial charge in [-0.05, 0) is 19.8 Å². The summed E-state index contributed by atoms with van der Waals surface area (Å²) in [5.74, 6) is -0.227. The van der Waals surface area contributed by atoms with Crippen molar-refractivity contribution in [2.45, 2.75) is 45.6 Å². The SMILES string of the molecule is CCCN(CC(F)F)C(=O)CCC(C)N.Cl. The fourth-order valence-corrected chi connectivity index (χ4v) is 1.26. The number of carbonyl (C=O) groups excluding carboxylic acids is 1. The monoisotopic (exact) mass is 258 g/mol. The van der Waals surface area contributed by atoms with Gasteiger partial charge in [0.25, 0.3) is 6.43 Å². The van der Waals surface area contributed by atoms with Crippen LogP contribution in [0.5, 0.6) is 0 Å². The van der Waals surface area contributed by atoms with Gasteiger partial charge in [0.05, 0.1) is 6.54 Å². The van der Waals surface area contributed by atoms with Gasteiger partial charge in [-0.3, -0.25) is 4.79 Å². The van der Waals surface area contributed by atoms with E-state index in [1.807, 2.05) is 6.92 Å². The van der Waals surface area contributed by atoms with E-state index < -0.39 is 13.0 Å². The molecule has 0 fully saturated rings. The van der Waals surface area contributed by atoms with Gasteiger partial charge in [-0.15, -0.1) is 12.4 Å². The maximum Gasteiger partial charge on any atom is 0.255 e. The molecule has 0 aromatic carbocycles. The van der Waals surface area contributed by atoms with E-state index in [-0.39, 0.29) is 30.8 Å². The topological polar surface area (TPSA) is 46.3 Å². The lowest BCUT2D eigenvalue weighted by Crippen LogP contribution is -2.36. The highest BCUT2D eigenvalue weighted by Gasteiger charge is 2.17. The van der Waals surface area contributed by atoms with E-state index in [2.05, 4.69) is 0 Å². The van der Waals surface area contributed by atoms with Gasteiger partial charge in [0.1, 0.15) is 0 Å². The molecule has 0 aliphatic carbocycles. The molecule has 6 heteroatoms. The zero-order chi connectivity index (χ0) is 11.8. The molecule has 0 bridgehead atoms. The Morgan fingerprint density at radius 2 is 2.00 bits per heavy atom. The van der Waals surface area contributed by atoms with E-state index in [9.17, 15) is 13.6 Å². The van der Waals surface area contributed by atoms with Gasteiger partial charge < -0.3 is 10.6 Å². The van der Waals surface area contributed by atoms with Crippen LogP contribution in [-0.4, -0.2) is 36.4 Å². The quantitative estimate of drug-likeness (QED) is 0.760. The number of carbonyl (C=O) groups is 1. The normalized spacial score (nSPS) is 12.1. The number of hydrogen-bond donors (Lipinski definition) is 1. The van der Waals surface area contributed by atoms with Gasteiger partial charge in [0, 0.05) is 19.0 Å². The molecule has 0 heterocycles. The maximum atomic E-state index is 12.1. The zero-order valence-corrected chi connectivity index (χ0v) is 10.6. The molecule has 0 saturated heterocycles. The number of nitrogens with zero attached hydrogens (tertiary/aromatic N) is 1. The molecule has 0 aromatic heterocycles. The van der Waals surface area contributed by atoms with Crippen LogP contribution in [-0.2, 0) is 4.79 Å². The summed E-state index contributed by atoms with van der Waals surface area (Å²) in [5.41, 5.74) is 5.50. The van der Waals surface area contributed by atoms with Gasteiger partial charge in [0.2, 0.25) is 5.91 Å². The first-order valence-electron chi connectivity index (χ1n) is 5.28. The summed E-state index contributed by atoms with van der Waals surface area (Å²) in [6.45, 7) is 3.58. The lowest BCUT2D eigenvalue weighted by atomic mass is 10.2. The van der Waals surface area contributed by atoms with E-state index in [4.69, 9.17) is 5.73 Å². The van der Waals surface area contributed by atoms with E-state index in [0.29, 0.717) is 19.4 Å². The second-order valence-electron chi connectivity index (χ2n) is 3.75. The molecule has 16 heavy (non-hydrogen) atoms. The van der Waals surface area contributed by atoms with Crippen molar-refractivity contribution in [3.63, 3.8) is 0 Å². The van der Waals surface area contributed by atoms with Crippen LogP contribution in [0.2, 0.25) is 0 Å². The van der Waals surface area contributed by atoms with Crippen LogP contribution in [0.4, 0.5) is 8.78 Å². The highest BCUT2D eigenvalue weighted by molar-refractivity contribution is 5.85. The Bertz CT molecular complexity index is 192. The molecule has 98 valence electrons. The third-order valence-corrected chi connectivity index (χ3v) is 2.02. The number of amides is 1. The molecule has 1 atom stereocenters. The van der Waals surface area contributed by atoms with Crippen LogP contribution in [0, 0.1) is 0 Å². The number of halogens is 3. The lowest BCUT2D eigenvalue weighted by Gasteiger charge is -2.22. The zero-order valence-electron chi connectivity index (χ0n) is 9.79. The Morgan fingerprint density at radius 3 is 2.38 bits per heavy atom. The minimum atomic E-state index is -2.46. The molecule has 0 saturated carbocycles. The minimum absolute atomic E-state index is 0. The van der Waals surface area contributed by atoms with Gasteiger partial charge >= 0.3 is 0 Å². The second-order valence-corrected chi connectivity index (χ2v) is 3.75. The average molecular weight is 259 g/mol. The van der Waals surface area contributed by atoms with Crippen molar-refractivity contribution < 1.29 is 13.6 Å². The third kappa shape index (κ3) is 8.85. The Labute approximate surface area is 102 Å². The smallest absolute Gasteiger partial charge is 0.255 e. The van der Waals surface area contributed by atoms with Crippen LogP contribution < -0.4 is 5.73 Å². The minimum Gasteiger partial charge on any atom is -0.337 e. The molecule has 1 amide bonds. The highest BCUT2D eigenvalue weighted by Crippen LogP contribution is 2.05. The van der Waals surface area contributed by atoms with Gasteiger partial charge in [-0.1, -0.05) is 6.92 Å². The molecule has 0 aromatic rings. The van der Waals surface area contributed by atoms with Crippen molar-refractivity contribution in [2.75, 3.05) is 13.1 Å². The van der Waals surface area contributed by atoms with E-state index in [0.717, 1.165) is 0 Å². The van der Waals surface area contributed by atoms with Crippen LogP contribution in [0.3, 0.4) is 0 Å². The molecule has 0 spiro atoms. The maximum absolute atomic E-state index is 12.1. The number of nitrogens with two attached hydrogens (primary N) is 1. The Morgan fingerprint density at radius 1 is 1.44 bits per heavy atom. The first-order valence-corrected chi connectivity index (χ1v) is 5.28. The summed E-state index contributed by atoms with van der Waals surface area (Å²) in [4.78, 5) is 12.7. The third-order valence-electron chi connectivity index (χ3n) is 2.02. The highest BCUT2D eigenvalue weighted by atomic mass is 35.5. The summed E-state index contributed by atoms with van der Waals surface area (Å²) in [7, 11) is 0. The predicted octanol–water partition coefficient (Wildman–Crippen LogP) is 2.04. The van der Waals surface area contributed by atoms with Crippen molar-refractivity contribution in [2.24, 2.45) is 5.73 Å². The van der Waals surface area contributed by atoms with Crippen LogP contribution in [0.15, 0.2) is 0 Å². The molecule has 0 aliphatic heterocycles. The van der Waals surface area contributed by atoms with Crippen molar-refractivity contribution in [1.82, 2.24) is 4.90 Å². The second kappa shape index (κ2) is 9.78.